The number of amides is 1. The molecule has 0 spiro atoms. The van der Waals surface area contributed by atoms with Crippen molar-refractivity contribution in [2.75, 3.05) is 31.6 Å². The number of nitrogens with zero attached hydrogens (tertiary/aromatic N) is 1. The Kier molecular flexibility index (Phi) is 6.26. The van der Waals surface area contributed by atoms with E-state index in [-0.39, 0.29) is 18.0 Å². The van der Waals surface area contributed by atoms with Crippen LogP contribution < -0.4 is 14.8 Å². The highest BCUT2D eigenvalue weighted by atomic mass is 79.9. The van der Waals surface area contributed by atoms with Gasteiger partial charge in [0, 0.05) is 22.8 Å². The number of sulfonamides is 1. The van der Waals surface area contributed by atoms with Crippen LogP contribution in [0.3, 0.4) is 0 Å². The smallest absolute Gasteiger partial charge is 0.243 e. The zero-order chi connectivity index (χ0) is 20.3. The number of anilines is 1. The average Bonchev–Trinajstić information content (AvgIpc) is 2.67. The minimum atomic E-state index is -3.79. The van der Waals surface area contributed by atoms with E-state index in [1.54, 1.807) is 37.3 Å². The van der Waals surface area contributed by atoms with Gasteiger partial charge in [-0.2, -0.15) is 4.31 Å². The number of hydrogen-bond donors (Lipinski definition) is 1. The van der Waals surface area contributed by atoms with Gasteiger partial charge in [0.25, 0.3) is 0 Å². The highest BCUT2D eigenvalue weighted by molar-refractivity contribution is 9.10. The molecule has 1 heterocycles. The third kappa shape index (κ3) is 4.48. The fourth-order valence-corrected chi connectivity index (χ4v) is 4.51. The summed E-state index contributed by atoms with van der Waals surface area (Å²) in [7, 11) is -3.79. The van der Waals surface area contributed by atoms with Crippen molar-refractivity contribution in [1.82, 2.24) is 4.31 Å². The number of ether oxygens (including phenoxy) is 2. The molecule has 0 fully saturated rings. The normalized spacial score (nSPS) is 13.4. The number of rotatable bonds is 6. The first kappa shape index (κ1) is 20.6. The van der Waals surface area contributed by atoms with Gasteiger partial charge in [0.1, 0.15) is 13.2 Å². The van der Waals surface area contributed by atoms with E-state index < -0.39 is 15.9 Å². The number of aryl methyl sites for hydroxylation is 1. The summed E-state index contributed by atoms with van der Waals surface area (Å²) in [5.41, 5.74) is 1.32. The predicted octanol–water partition coefficient (Wildman–Crippen LogP) is 3.18. The monoisotopic (exact) mass is 468 g/mol. The van der Waals surface area contributed by atoms with Crippen LogP contribution in [0.2, 0.25) is 0 Å². The summed E-state index contributed by atoms with van der Waals surface area (Å²) in [6.45, 7) is 4.32. The van der Waals surface area contributed by atoms with E-state index in [1.165, 1.54) is 6.07 Å². The second-order valence-corrected chi connectivity index (χ2v) is 9.04. The Balaban J connectivity index is 1.73. The molecule has 0 aromatic heterocycles. The van der Waals surface area contributed by atoms with Crippen molar-refractivity contribution < 1.29 is 22.7 Å². The van der Waals surface area contributed by atoms with Crippen LogP contribution in [0.15, 0.2) is 45.8 Å². The van der Waals surface area contributed by atoms with Crippen LogP contribution in [0.1, 0.15) is 12.5 Å². The van der Waals surface area contributed by atoms with Gasteiger partial charge >= 0.3 is 0 Å². The zero-order valence-corrected chi connectivity index (χ0v) is 18.0. The van der Waals surface area contributed by atoms with E-state index in [9.17, 15) is 13.2 Å². The van der Waals surface area contributed by atoms with Crippen LogP contribution in [0.5, 0.6) is 11.5 Å². The number of nitrogens with one attached hydrogen (secondary N) is 1. The Morgan fingerprint density at radius 2 is 1.86 bits per heavy atom. The minimum absolute atomic E-state index is 0.155. The summed E-state index contributed by atoms with van der Waals surface area (Å²) in [5.74, 6) is 0.734. The van der Waals surface area contributed by atoms with Crippen LogP contribution in [0, 0.1) is 6.92 Å². The minimum Gasteiger partial charge on any atom is -0.486 e. The van der Waals surface area contributed by atoms with Gasteiger partial charge in [0.2, 0.25) is 15.9 Å². The Morgan fingerprint density at radius 3 is 2.54 bits per heavy atom. The van der Waals surface area contributed by atoms with Crippen molar-refractivity contribution in [3.05, 3.63) is 46.4 Å². The number of likely N-dealkylation sites (N-methyl/N-ethyl adjacent to an activating group) is 1. The third-order valence-electron chi connectivity index (χ3n) is 4.27. The van der Waals surface area contributed by atoms with Crippen molar-refractivity contribution in [2.45, 2.75) is 18.7 Å². The molecule has 0 atom stereocenters. The Bertz CT molecular complexity index is 994. The van der Waals surface area contributed by atoms with Gasteiger partial charge < -0.3 is 14.8 Å². The number of fused-ring (bicyclic) bond motifs is 1. The van der Waals surface area contributed by atoms with Crippen LogP contribution >= 0.6 is 15.9 Å². The lowest BCUT2D eigenvalue weighted by atomic mass is 10.2. The second kappa shape index (κ2) is 8.50. The molecule has 1 aliphatic rings. The summed E-state index contributed by atoms with van der Waals surface area (Å²) in [6, 6.07) is 9.85. The van der Waals surface area contributed by atoms with Crippen molar-refractivity contribution in [1.29, 1.82) is 0 Å². The predicted molar refractivity (Wildman–Crippen MR) is 109 cm³/mol. The maximum atomic E-state index is 12.9. The van der Waals surface area contributed by atoms with Crippen molar-refractivity contribution >= 4 is 37.5 Å². The summed E-state index contributed by atoms with van der Waals surface area (Å²) >= 11 is 3.36. The van der Waals surface area contributed by atoms with Crippen molar-refractivity contribution in [3.8, 4) is 11.5 Å². The van der Waals surface area contributed by atoms with Crippen molar-refractivity contribution in [3.63, 3.8) is 0 Å². The van der Waals surface area contributed by atoms with Crippen LogP contribution in [0.4, 0.5) is 5.69 Å². The van der Waals surface area contributed by atoms with Gasteiger partial charge in [0.05, 0.1) is 11.4 Å². The van der Waals surface area contributed by atoms with E-state index in [2.05, 4.69) is 21.2 Å². The lowest BCUT2D eigenvalue weighted by Crippen LogP contribution is -2.37. The first-order chi connectivity index (χ1) is 13.3. The number of carbonyl (C=O) groups is 1. The fourth-order valence-electron chi connectivity index (χ4n) is 2.78. The number of carbonyl (C=O) groups excluding carboxylic acids is 1. The molecule has 0 unspecified atom stereocenters. The Hall–Kier alpha value is -2.10. The van der Waals surface area contributed by atoms with Crippen molar-refractivity contribution in [2.24, 2.45) is 0 Å². The van der Waals surface area contributed by atoms with Gasteiger partial charge in [-0.05, 0) is 42.8 Å². The molecule has 1 amide bonds. The van der Waals surface area contributed by atoms with Gasteiger partial charge in [0.15, 0.2) is 11.5 Å². The molecule has 1 N–H and O–H groups in total. The van der Waals surface area contributed by atoms with E-state index in [4.69, 9.17) is 9.47 Å². The lowest BCUT2D eigenvalue weighted by molar-refractivity contribution is -0.116. The van der Waals surface area contributed by atoms with Gasteiger partial charge in [-0.3, -0.25) is 4.79 Å². The molecule has 28 heavy (non-hydrogen) atoms. The summed E-state index contributed by atoms with van der Waals surface area (Å²) in [4.78, 5) is 12.6. The first-order valence-electron chi connectivity index (χ1n) is 8.77. The van der Waals surface area contributed by atoms with E-state index in [0.29, 0.717) is 30.4 Å². The third-order valence-corrected chi connectivity index (χ3v) is 7.07. The lowest BCUT2D eigenvalue weighted by Gasteiger charge is -2.21. The Morgan fingerprint density at radius 1 is 1.14 bits per heavy atom. The van der Waals surface area contributed by atoms with Gasteiger partial charge in [-0.1, -0.05) is 22.9 Å². The molecular weight excluding hydrogens is 448 g/mol. The van der Waals surface area contributed by atoms with Crippen LogP contribution in [-0.2, 0) is 14.8 Å². The largest absolute Gasteiger partial charge is 0.486 e. The first-order valence-corrected chi connectivity index (χ1v) is 11.0. The Labute approximate surface area is 172 Å². The van der Waals surface area contributed by atoms with E-state index in [0.717, 1.165) is 14.3 Å². The van der Waals surface area contributed by atoms with E-state index >= 15 is 0 Å². The maximum Gasteiger partial charge on any atom is 0.243 e. The summed E-state index contributed by atoms with van der Waals surface area (Å²) in [6.07, 6.45) is 0. The molecule has 7 nitrogen and oxygen atoms in total. The molecule has 9 heteroatoms. The average molecular weight is 469 g/mol. The number of halogens is 1. The number of benzene rings is 2. The van der Waals surface area contributed by atoms with Gasteiger partial charge in [-0.15, -0.1) is 0 Å². The van der Waals surface area contributed by atoms with E-state index in [1.807, 2.05) is 6.92 Å². The molecule has 0 saturated carbocycles. The van der Waals surface area contributed by atoms with Crippen LogP contribution in [0.25, 0.3) is 0 Å². The second-order valence-electron chi connectivity index (χ2n) is 6.25. The fraction of sp³-hybridized carbons (Fsp3) is 0.316. The highest BCUT2D eigenvalue weighted by Crippen LogP contribution is 2.32. The summed E-state index contributed by atoms with van der Waals surface area (Å²) < 4.78 is 38.7. The topological polar surface area (TPSA) is 84.9 Å². The zero-order valence-electron chi connectivity index (χ0n) is 15.6. The SMILES string of the molecule is CCN(CC(=O)Nc1ccc2c(c1)OCCO2)S(=O)(=O)c1ccc(Br)c(C)c1. The molecule has 150 valence electrons. The molecule has 0 bridgehead atoms. The molecule has 2 aromatic carbocycles. The molecule has 2 aromatic rings. The molecule has 0 aliphatic carbocycles. The molecule has 0 saturated heterocycles. The number of hydrogen-bond acceptors (Lipinski definition) is 5. The molecule has 1 aliphatic heterocycles. The molecular formula is C19H21BrN2O5S. The standard InChI is InChI=1S/C19H21BrN2O5S/c1-3-22(28(24,25)15-5-6-16(20)13(2)10-15)12-19(23)21-14-4-7-17-18(11-14)27-9-8-26-17/h4-7,10-11H,3,8-9,12H2,1-2H3,(H,21,23). The molecule has 3 rings (SSSR count). The van der Waals surface area contributed by atoms with Gasteiger partial charge in [-0.25, -0.2) is 8.42 Å². The maximum absolute atomic E-state index is 12.9. The quantitative estimate of drug-likeness (QED) is 0.703. The van der Waals surface area contributed by atoms with Crippen LogP contribution in [-0.4, -0.2) is 44.9 Å². The summed E-state index contributed by atoms with van der Waals surface area (Å²) in [5, 5.41) is 2.71. The highest BCUT2D eigenvalue weighted by Gasteiger charge is 2.26. The molecule has 0 radical (unpaired) electrons.